The first kappa shape index (κ1) is 23.3. The zero-order chi connectivity index (χ0) is 23.4. The van der Waals surface area contributed by atoms with E-state index in [1.165, 1.54) is 16.0 Å². The molecule has 174 valence electrons. The molecule has 1 aliphatic rings. The Bertz CT molecular complexity index is 1200. The van der Waals surface area contributed by atoms with E-state index < -0.39 is 16.8 Å². The summed E-state index contributed by atoms with van der Waals surface area (Å²) in [6.45, 7) is 3.92. The molecule has 2 N–H and O–H groups in total. The number of ether oxygens (including phenoxy) is 1. The van der Waals surface area contributed by atoms with E-state index in [9.17, 15) is 14.4 Å². The first-order valence-electron chi connectivity index (χ1n) is 11.0. The van der Waals surface area contributed by atoms with Gasteiger partial charge >= 0.3 is 16.6 Å². The molecule has 1 aromatic carbocycles. The van der Waals surface area contributed by atoms with Crippen LogP contribution < -0.4 is 15.6 Å². The predicted octanol–water partition coefficient (Wildman–Crippen LogP) is 3.87. The number of thiophene rings is 1. The Morgan fingerprint density at radius 2 is 2.00 bits per heavy atom. The summed E-state index contributed by atoms with van der Waals surface area (Å²) >= 11 is 2.58. The minimum absolute atomic E-state index is 0.271. The van der Waals surface area contributed by atoms with Crippen LogP contribution in [0.5, 0.6) is 0 Å². The molecular weight excluding hydrogens is 462 g/mol. The SMILES string of the molecule is CCOC(=O)c1c(NC(=O)C(CC)Sc2c(=O)o[nH][n+]2-c2ccccc2)sc2c1CCCC2. The van der Waals surface area contributed by atoms with Crippen LogP contribution in [-0.2, 0) is 22.4 Å². The highest BCUT2D eigenvalue weighted by Crippen LogP contribution is 2.39. The van der Waals surface area contributed by atoms with Crippen molar-refractivity contribution in [2.75, 3.05) is 11.9 Å². The van der Waals surface area contributed by atoms with Gasteiger partial charge in [-0.05, 0) is 66.3 Å². The van der Waals surface area contributed by atoms with E-state index in [0.717, 1.165) is 53.6 Å². The number of fused-ring (bicyclic) bond motifs is 1. The van der Waals surface area contributed by atoms with Crippen LogP contribution in [0.1, 0.15) is 53.9 Å². The molecule has 10 heteroatoms. The van der Waals surface area contributed by atoms with Gasteiger partial charge in [0.15, 0.2) is 0 Å². The standard InChI is InChI=1S/C23H25N3O5S2/c1-3-16(33-21-23(29)31-25-26(21)14-10-6-5-7-11-14)19(27)24-20-18(22(28)30-4-2)15-12-8-9-13-17(15)32-20/h5-7,10-11,16H,3-4,8-9,12-13H2,1-2H3,(H-,24,25,27,28,29)/p+1. The molecule has 1 aliphatic carbocycles. The maximum Gasteiger partial charge on any atom is 0.442 e. The number of para-hydroxylation sites is 1. The van der Waals surface area contributed by atoms with Gasteiger partial charge in [-0.3, -0.25) is 9.32 Å². The average molecular weight is 489 g/mol. The monoisotopic (exact) mass is 488 g/mol. The summed E-state index contributed by atoms with van der Waals surface area (Å²) in [7, 11) is 0. The number of esters is 1. The van der Waals surface area contributed by atoms with Crippen molar-refractivity contribution >= 4 is 40.0 Å². The number of nitrogens with one attached hydrogen (secondary N) is 2. The second kappa shape index (κ2) is 10.4. The maximum absolute atomic E-state index is 13.2. The molecule has 8 nitrogen and oxygen atoms in total. The lowest BCUT2D eigenvalue weighted by atomic mass is 9.95. The van der Waals surface area contributed by atoms with Crippen molar-refractivity contribution < 1.29 is 23.5 Å². The number of hydrogen-bond donors (Lipinski definition) is 2. The summed E-state index contributed by atoms with van der Waals surface area (Å²) < 4.78 is 11.8. The fourth-order valence-corrected chi connectivity index (χ4v) is 6.10. The molecule has 1 atom stereocenters. The fraction of sp³-hybridized carbons (Fsp3) is 0.391. The quantitative estimate of drug-likeness (QED) is 0.283. The van der Waals surface area contributed by atoms with Crippen molar-refractivity contribution in [3.8, 4) is 5.69 Å². The first-order valence-corrected chi connectivity index (χ1v) is 12.7. The van der Waals surface area contributed by atoms with E-state index in [0.29, 0.717) is 17.0 Å². The highest BCUT2D eigenvalue weighted by Gasteiger charge is 2.32. The number of carbonyl (C=O) groups is 2. The topological polar surface area (TPSA) is 105 Å². The normalized spacial score (nSPS) is 13.9. The molecule has 0 spiro atoms. The minimum Gasteiger partial charge on any atom is -0.462 e. The van der Waals surface area contributed by atoms with E-state index in [1.54, 1.807) is 6.92 Å². The molecule has 0 fully saturated rings. The van der Waals surface area contributed by atoms with Crippen LogP contribution >= 0.6 is 23.1 Å². The fourth-order valence-electron chi connectivity index (χ4n) is 3.83. The molecule has 0 saturated heterocycles. The van der Waals surface area contributed by atoms with Crippen molar-refractivity contribution in [3.63, 3.8) is 0 Å². The molecule has 0 bridgehead atoms. The average Bonchev–Trinajstić information content (AvgIpc) is 3.37. The Kier molecular flexibility index (Phi) is 7.34. The molecule has 4 rings (SSSR count). The lowest BCUT2D eigenvalue weighted by Crippen LogP contribution is -2.37. The van der Waals surface area contributed by atoms with E-state index in [2.05, 4.69) is 10.6 Å². The third kappa shape index (κ3) is 4.91. The number of anilines is 1. The van der Waals surface area contributed by atoms with Gasteiger partial charge in [0.1, 0.15) is 5.00 Å². The van der Waals surface area contributed by atoms with Gasteiger partial charge in [0.25, 0.3) is 0 Å². The van der Waals surface area contributed by atoms with Crippen LogP contribution in [0.3, 0.4) is 0 Å². The highest BCUT2D eigenvalue weighted by atomic mass is 32.2. The maximum atomic E-state index is 13.2. The van der Waals surface area contributed by atoms with Gasteiger partial charge < -0.3 is 10.1 Å². The van der Waals surface area contributed by atoms with Gasteiger partial charge in [-0.2, -0.15) is 0 Å². The van der Waals surface area contributed by atoms with Gasteiger partial charge in [0, 0.05) is 17.0 Å². The van der Waals surface area contributed by atoms with E-state index in [4.69, 9.17) is 9.26 Å². The molecule has 2 aromatic heterocycles. The van der Waals surface area contributed by atoms with Crippen molar-refractivity contribution in [1.82, 2.24) is 5.27 Å². The van der Waals surface area contributed by atoms with Crippen molar-refractivity contribution in [2.24, 2.45) is 0 Å². The number of thioether (sulfide) groups is 1. The number of hydrogen-bond acceptors (Lipinski definition) is 7. The third-order valence-electron chi connectivity index (χ3n) is 5.43. The molecule has 0 radical (unpaired) electrons. The summed E-state index contributed by atoms with van der Waals surface area (Å²) in [4.78, 5) is 39.4. The van der Waals surface area contributed by atoms with E-state index in [-0.39, 0.29) is 17.5 Å². The van der Waals surface area contributed by atoms with Crippen molar-refractivity contribution in [2.45, 2.75) is 56.2 Å². The molecule has 3 aromatic rings. The Labute approximate surface area is 199 Å². The van der Waals surface area contributed by atoms with Crippen molar-refractivity contribution in [1.29, 1.82) is 0 Å². The number of aryl methyl sites for hydroxylation is 1. The number of amides is 1. The summed E-state index contributed by atoms with van der Waals surface area (Å²) in [5.74, 6) is -0.673. The van der Waals surface area contributed by atoms with Crippen LogP contribution in [-0.4, -0.2) is 29.0 Å². The number of H-pyrrole nitrogens is 1. The Hall–Kier alpha value is -2.85. The van der Waals surface area contributed by atoms with Crippen molar-refractivity contribution in [3.05, 3.63) is 56.8 Å². The summed E-state index contributed by atoms with van der Waals surface area (Å²) in [6.07, 6.45) is 4.27. The van der Waals surface area contributed by atoms with Gasteiger partial charge in [0.2, 0.25) is 11.6 Å². The molecule has 1 amide bonds. The Morgan fingerprint density at radius 1 is 1.24 bits per heavy atom. The van der Waals surface area contributed by atoms with E-state index >= 15 is 0 Å². The van der Waals surface area contributed by atoms with Gasteiger partial charge in [-0.25, -0.2) is 9.59 Å². The van der Waals surface area contributed by atoms with Gasteiger partial charge in [-0.1, -0.05) is 25.1 Å². The van der Waals surface area contributed by atoms with Crippen LogP contribution in [0.25, 0.3) is 5.69 Å². The number of carbonyl (C=O) groups excluding carboxylic acids is 2. The summed E-state index contributed by atoms with van der Waals surface area (Å²) in [5.41, 5.74) is 1.64. The zero-order valence-corrected chi connectivity index (χ0v) is 20.1. The third-order valence-corrected chi connectivity index (χ3v) is 8.04. The number of rotatable bonds is 8. The zero-order valence-electron chi connectivity index (χ0n) is 18.5. The molecule has 1 unspecified atom stereocenters. The van der Waals surface area contributed by atoms with Gasteiger partial charge in [-0.15, -0.1) is 11.3 Å². The lowest BCUT2D eigenvalue weighted by molar-refractivity contribution is -0.704. The largest absolute Gasteiger partial charge is 0.462 e. The summed E-state index contributed by atoms with van der Waals surface area (Å²) in [5, 5.41) is 5.80. The minimum atomic E-state index is -0.562. The second-order valence-electron chi connectivity index (χ2n) is 7.60. The number of benzene rings is 1. The van der Waals surface area contributed by atoms with E-state index in [1.807, 2.05) is 37.3 Å². The molecule has 0 aliphatic heterocycles. The number of aromatic nitrogens is 2. The molecule has 0 saturated carbocycles. The Balaban J connectivity index is 1.59. The smallest absolute Gasteiger partial charge is 0.442 e. The predicted molar refractivity (Wildman–Crippen MR) is 126 cm³/mol. The first-order chi connectivity index (χ1) is 16.0. The number of aromatic amines is 1. The highest BCUT2D eigenvalue weighted by molar-refractivity contribution is 8.00. The molecule has 2 heterocycles. The Morgan fingerprint density at radius 3 is 2.73 bits per heavy atom. The van der Waals surface area contributed by atoms with Crippen LogP contribution in [0, 0.1) is 0 Å². The molecule has 33 heavy (non-hydrogen) atoms. The second-order valence-corrected chi connectivity index (χ2v) is 9.89. The van der Waals surface area contributed by atoms with Crippen LogP contribution in [0.15, 0.2) is 44.7 Å². The van der Waals surface area contributed by atoms with Crippen LogP contribution in [0.4, 0.5) is 5.00 Å². The van der Waals surface area contributed by atoms with Gasteiger partial charge in [0.05, 0.1) is 17.4 Å². The molecular formula is C23H26N3O5S2+. The lowest BCUT2D eigenvalue weighted by Gasteiger charge is -2.13. The van der Waals surface area contributed by atoms with Crippen LogP contribution in [0.2, 0.25) is 0 Å². The summed E-state index contributed by atoms with van der Waals surface area (Å²) in [6, 6.07) is 9.24. The number of nitrogens with zero attached hydrogens (tertiary/aromatic N) is 1.